The van der Waals surface area contributed by atoms with Crippen LogP contribution in [0.3, 0.4) is 0 Å². The van der Waals surface area contributed by atoms with Gasteiger partial charge in [-0.3, -0.25) is 0 Å². The molecule has 0 bridgehead atoms. The average molecular weight is 448 g/mol. The SMILES string of the molecule is Fc1cc(CCOc2ccnc(Cl)n2)cnc1Oc1ccc(Cl)c(C(F)(F)F)c1. The van der Waals surface area contributed by atoms with E-state index in [9.17, 15) is 17.6 Å². The highest BCUT2D eigenvalue weighted by molar-refractivity contribution is 6.31. The molecule has 29 heavy (non-hydrogen) atoms. The van der Waals surface area contributed by atoms with Crippen LogP contribution < -0.4 is 9.47 Å². The molecule has 152 valence electrons. The van der Waals surface area contributed by atoms with Gasteiger partial charge in [0.25, 0.3) is 5.88 Å². The normalized spacial score (nSPS) is 11.4. The molecule has 0 N–H and O–H groups in total. The molecular weight excluding hydrogens is 437 g/mol. The summed E-state index contributed by atoms with van der Waals surface area (Å²) in [7, 11) is 0. The van der Waals surface area contributed by atoms with Crippen LogP contribution in [0.1, 0.15) is 11.1 Å². The summed E-state index contributed by atoms with van der Waals surface area (Å²) in [5, 5.41) is -0.453. The molecule has 0 radical (unpaired) electrons. The van der Waals surface area contributed by atoms with Gasteiger partial charge < -0.3 is 9.47 Å². The Balaban J connectivity index is 1.65. The van der Waals surface area contributed by atoms with Crippen LogP contribution in [0.15, 0.2) is 42.7 Å². The lowest BCUT2D eigenvalue weighted by molar-refractivity contribution is -0.137. The summed E-state index contributed by atoms with van der Waals surface area (Å²) in [6.07, 6.45) is -1.61. The van der Waals surface area contributed by atoms with Gasteiger partial charge in [-0.1, -0.05) is 11.6 Å². The molecule has 3 aromatic rings. The molecule has 0 fully saturated rings. The quantitative estimate of drug-likeness (QED) is 0.355. The van der Waals surface area contributed by atoms with Gasteiger partial charge in [0, 0.05) is 24.9 Å². The Kier molecular flexibility index (Phi) is 6.39. The monoisotopic (exact) mass is 447 g/mol. The van der Waals surface area contributed by atoms with Gasteiger partial charge in [-0.25, -0.2) is 14.4 Å². The van der Waals surface area contributed by atoms with Gasteiger partial charge in [0.05, 0.1) is 17.2 Å². The molecule has 0 spiro atoms. The number of nitrogens with zero attached hydrogens (tertiary/aromatic N) is 3. The van der Waals surface area contributed by atoms with Crippen molar-refractivity contribution in [3.8, 4) is 17.5 Å². The third-order valence-corrected chi connectivity index (χ3v) is 4.07. The van der Waals surface area contributed by atoms with Crippen molar-refractivity contribution in [2.45, 2.75) is 12.6 Å². The molecule has 2 aromatic heterocycles. The first-order valence-electron chi connectivity index (χ1n) is 8.03. The minimum Gasteiger partial charge on any atom is -0.477 e. The molecule has 0 amide bonds. The first-order chi connectivity index (χ1) is 13.7. The predicted octanol–water partition coefficient (Wildman–Crippen LogP) is 5.75. The van der Waals surface area contributed by atoms with Crippen LogP contribution in [0.2, 0.25) is 10.3 Å². The van der Waals surface area contributed by atoms with Crippen molar-refractivity contribution in [2.24, 2.45) is 0 Å². The minimum absolute atomic E-state index is 0.0348. The Hall–Kier alpha value is -2.65. The van der Waals surface area contributed by atoms with Gasteiger partial charge in [0.2, 0.25) is 11.2 Å². The van der Waals surface area contributed by atoms with E-state index in [2.05, 4.69) is 15.0 Å². The van der Waals surface area contributed by atoms with Crippen molar-refractivity contribution in [2.75, 3.05) is 6.61 Å². The third-order valence-electron chi connectivity index (χ3n) is 3.56. The van der Waals surface area contributed by atoms with E-state index in [-0.39, 0.29) is 23.5 Å². The fourth-order valence-electron chi connectivity index (χ4n) is 2.25. The summed E-state index contributed by atoms with van der Waals surface area (Å²) in [5.41, 5.74) is -0.599. The lowest BCUT2D eigenvalue weighted by Crippen LogP contribution is -2.06. The molecule has 0 aliphatic carbocycles. The number of halogens is 6. The summed E-state index contributed by atoms with van der Waals surface area (Å²) in [4.78, 5) is 11.4. The van der Waals surface area contributed by atoms with E-state index in [0.29, 0.717) is 18.1 Å². The Bertz CT molecular complexity index is 1020. The zero-order valence-electron chi connectivity index (χ0n) is 14.4. The molecule has 3 rings (SSSR count). The number of rotatable bonds is 6. The van der Waals surface area contributed by atoms with Crippen molar-refractivity contribution < 1.29 is 27.0 Å². The van der Waals surface area contributed by atoms with E-state index in [1.54, 1.807) is 0 Å². The second-order valence-electron chi connectivity index (χ2n) is 5.63. The Morgan fingerprint density at radius 3 is 2.52 bits per heavy atom. The summed E-state index contributed by atoms with van der Waals surface area (Å²) >= 11 is 11.2. The Labute approximate surface area is 172 Å². The zero-order chi connectivity index (χ0) is 21.0. The zero-order valence-corrected chi connectivity index (χ0v) is 15.9. The Morgan fingerprint density at radius 2 is 1.83 bits per heavy atom. The van der Waals surface area contributed by atoms with E-state index in [0.717, 1.165) is 12.1 Å². The number of ether oxygens (including phenoxy) is 2. The van der Waals surface area contributed by atoms with Crippen molar-refractivity contribution >= 4 is 23.2 Å². The highest BCUT2D eigenvalue weighted by atomic mass is 35.5. The van der Waals surface area contributed by atoms with Gasteiger partial charge in [-0.05, 0) is 41.4 Å². The first-order valence-corrected chi connectivity index (χ1v) is 8.78. The smallest absolute Gasteiger partial charge is 0.417 e. The van der Waals surface area contributed by atoms with Gasteiger partial charge in [0.1, 0.15) is 5.75 Å². The van der Waals surface area contributed by atoms with E-state index in [4.69, 9.17) is 32.7 Å². The minimum atomic E-state index is -4.67. The van der Waals surface area contributed by atoms with Crippen molar-refractivity contribution in [3.05, 3.63) is 70.0 Å². The maximum absolute atomic E-state index is 14.2. The second kappa shape index (κ2) is 8.79. The second-order valence-corrected chi connectivity index (χ2v) is 6.38. The average Bonchev–Trinajstić information content (AvgIpc) is 2.64. The van der Waals surface area contributed by atoms with Gasteiger partial charge in [0.15, 0.2) is 5.82 Å². The highest BCUT2D eigenvalue weighted by Gasteiger charge is 2.33. The molecule has 0 saturated heterocycles. The lowest BCUT2D eigenvalue weighted by Gasteiger charge is -2.12. The third kappa shape index (κ3) is 5.68. The lowest BCUT2D eigenvalue weighted by atomic mass is 10.2. The van der Waals surface area contributed by atoms with Crippen LogP contribution in [0, 0.1) is 5.82 Å². The number of hydrogen-bond donors (Lipinski definition) is 0. The summed E-state index contributed by atoms with van der Waals surface area (Å²) < 4.78 is 63.5. The molecule has 0 atom stereocenters. The summed E-state index contributed by atoms with van der Waals surface area (Å²) in [5.74, 6) is -1.28. The van der Waals surface area contributed by atoms with Crippen LogP contribution in [-0.2, 0) is 12.6 Å². The highest BCUT2D eigenvalue weighted by Crippen LogP contribution is 2.37. The summed E-state index contributed by atoms with van der Waals surface area (Å²) in [6, 6.07) is 5.55. The van der Waals surface area contributed by atoms with Gasteiger partial charge in [-0.15, -0.1) is 0 Å². The maximum Gasteiger partial charge on any atom is 0.417 e. The van der Waals surface area contributed by atoms with Crippen LogP contribution in [0.4, 0.5) is 17.6 Å². The molecule has 11 heteroatoms. The standard InChI is InChI=1S/C18H11Cl2F4N3O2/c19-13-2-1-11(8-12(13)18(22,23)24)29-16-14(21)7-10(9-26-16)4-6-28-15-3-5-25-17(20)27-15/h1-3,5,7-9H,4,6H2. The molecule has 2 heterocycles. The Morgan fingerprint density at radius 1 is 1.03 bits per heavy atom. The molecule has 0 aliphatic heterocycles. The number of alkyl halides is 3. The predicted molar refractivity (Wildman–Crippen MR) is 97.0 cm³/mol. The number of benzene rings is 1. The number of aromatic nitrogens is 3. The number of pyridine rings is 1. The molecule has 1 aromatic carbocycles. The van der Waals surface area contributed by atoms with Crippen LogP contribution in [-0.4, -0.2) is 21.6 Å². The molecule has 0 unspecified atom stereocenters. The fraction of sp³-hybridized carbons (Fsp3) is 0.167. The fourth-order valence-corrected chi connectivity index (χ4v) is 2.61. The van der Waals surface area contributed by atoms with Crippen LogP contribution in [0.25, 0.3) is 0 Å². The molecule has 5 nitrogen and oxygen atoms in total. The van der Waals surface area contributed by atoms with Crippen LogP contribution >= 0.6 is 23.2 Å². The van der Waals surface area contributed by atoms with E-state index in [1.165, 1.54) is 24.5 Å². The van der Waals surface area contributed by atoms with E-state index < -0.39 is 28.5 Å². The topological polar surface area (TPSA) is 57.1 Å². The van der Waals surface area contributed by atoms with E-state index >= 15 is 0 Å². The largest absolute Gasteiger partial charge is 0.477 e. The van der Waals surface area contributed by atoms with E-state index in [1.807, 2.05) is 0 Å². The van der Waals surface area contributed by atoms with Crippen molar-refractivity contribution in [1.82, 2.24) is 15.0 Å². The van der Waals surface area contributed by atoms with Crippen molar-refractivity contribution in [1.29, 1.82) is 0 Å². The maximum atomic E-state index is 14.2. The molecular formula is C18H11Cl2F4N3O2. The first kappa shape index (κ1) is 21.1. The number of hydrogen-bond acceptors (Lipinski definition) is 5. The van der Waals surface area contributed by atoms with Gasteiger partial charge >= 0.3 is 6.18 Å². The molecule has 0 saturated carbocycles. The van der Waals surface area contributed by atoms with Crippen LogP contribution in [0.5, 0.6) is 17.5 Å². The molecule has 0 aliphatic rings. The summed E-state index contributed by atoms with van der Waals surface area (Å²) in [6.45, 7) is 0.167. The van der Waals surface area contributed by atoms with Gasteiger partial charge in [-0.2, -0.15) is 18.2 Å². The van der Waals surface area contributed by atoms with Crippen molar-refractivity contribution in [3.63, 3.8) is 0 Å².